The smallest absolute Gasteiger partial charge is 0.150 e. The lowest BCUT2D eigenvalue weighted by atomic mass is 9.92. The van der Waals surface area contributed by atoms with Crippen molar-refractivity contribution in [2.75, 3.05) is 12.9 Å². The van der Waals surface area contributed by atoms with Gasteiger partial charge in [0.25, 0.3) is 0 Å². The van der Waals surface area contributed by atoms with Crippen LogP contribution in [0.1, 0.15) is 50.5 Å². The molecule has 0 bridgehead atoms. The first-order valence-electron chi connectivity index (χ1n) is 8.49. The number of rotatable bonds is 4. The zero-order valence-corrected chi connectivity index (χ0v) is 14.8. The van der Waals surface area contributed by atoms with Gasteiger partial charge in [-0.3, -0.25) is 0 Å². The first-order valence-corrected chi connectivity index (χ1v) is 10.4. The van der Waals surface area contributed by atoms with Crippen LogP contribution in [0.5, 0.6) is 0 Å². The monoisotopic (exact) mass is 341 g/mol. The summed E-state index contributed by atoms with van der Waals surface area (Å²) in [6.45, 7) is 0.756. The maximum atomic E-state index is 11.9. The summed E-state index contributed by atoms with van der Waals surface area (Å²) in [5, 5.41) is 3.48. The maximum absolute atomic E-state index is 11.9. The molecule has 1 saturated heterocycles. The summed E-state index contributed by atoms with van der Waals surface area (Å²) in [5.41, 5.74) is 0. The van der Waals surface area contributed by atoms with E-state index in [1.165, 1.54) is 6.26 Å². The second-order valence-electron chi connectivity index (χ2n) is 6.92. The van der Waals surface area contributed by atoms with E-state index >= 15 is 0 Å². The van der Waals surface area contributed by atoms with E-state index in [9.17, 15) is 8.42 Å². The Hall–Kier alpha value is -0.920. The van der Waals surface area contributed by atoms with Crippen LogP contribution in [0.15, 0.2) is 12.4 Å². The summed E-state index contributed by atoms with van der Waals surface area (Å²) in [7, 11) is -0.967. The molecule has 0 radical (unpaired) electrons. The molecule has 4 atom stereocenters. The molecular weight excluding hydrogens is 314 g/mol. The van der Waals surface area contributed by atoms with Crippen LogP contribution in [-0.2, 0) is 21.6 Å². The molecule has 1 aromatic heterocycles. The standard InChI is InChI=1S/C16H27N3O3S/c1-19-9-8-17-16(19)15-14(7-4-10-22-15)18-12-5-3-6-13(11-12)23(2,20)21/h8-9,12-15,18H,3-7,10-11H2,1-2H3/t12?,13?,14-,15-/m0/s1. The Balaban J connectivity index is 1.69. The van der Waals surface area contributed by atoms with Gasteiger partial charge in [-0.15, -0.1) is 0 Å². The fourth-order valence-electron chi connectivity index (χ4n) is 3.85. The van der Waals surface area contributed by atoms with Crippen LogP contribution in [0.4, 0.5) is 0 Å². The number of nitrogens with one attached hydrogen (secondary N) is 1. The highest BCUT2D eigenvalue weighted by molar-refractivity contribution is 7.91. The molecule has 3 rings (SSSR count). The summed E-state index contributed by atoms with van der Waals surface area (Å²) >= 11 is 0. The molecule has 0 amide bonds. The number of imidazole rings is 1. The van der Waals surface area contributed by atoms with Crippen molar-refractivity contribution in [1.82, 2.24) is 14.9 Å². The molecule has 6 nitrogen and oxygen atoms in total. The average molecular weight is 341 g/mol. The van der Waals surface area contributed by atoms with Gasteiger partial charge in [0, 0.05) is 44.4 Å². The Morgan fingerprint density at radius 2 is 2.13 bits per heavy atom. The Bertz CT molecular complexity index is 628. The van der Waals surface area contributed by atoms with Crippen molar-refractivity contribution in [2.45, 2.75) is 62.0 Å². The van der Waals surface area contributed by atoms with E-state index < -0.39 is 9.84 Å². The van der Waals surface area contributed by atoms with E-state index in [2.05, 4.69) is 10.3 Å². The number of ether oxygens (including phenoxy) is 1. The third-order valence-electron chi connectivity index (χ3n) is 5.12. The quantitative estimate of drug-likeness (QED) is 0.900. The van der Waals surface area contributed by atoms with Gasteiger partial charge in [0.1, 0.15) is 21.8 Å². The van der Waals surface area contributed by atoms with E-state index in [1.54, 1.807) is 6.20 Å². The normalized spacial score (nSPS) is 32.8. The zero-order valence-electron chi connectivity index (χ0n) is 13.9. The van der Waals surface area contributed by atoms with E-state index in [0.29, 0.717) is 6.42 Å². The van der Waals surface area contributed by atoms with Gasteiger partial charge in [-0.2, -0.15) is 0 Å². The van der Waals surface area contributed by atoms with Crippen molar-refractivity contribution in [3.05, 3.63) is 18.2 Å². The number of hydrogen-bond donors (Lipinski definition) is 1. The fourth-order valence-corrected chi connectivity index (χ4v) is 5.02. The topological polar surface area (TPSA) is 73.2 Å². The van der Waals surface area contributed by atoms with E-state index in [0.717, 1.165) is 44.5 Å². The second kappa shape index (κ2) is 6.91. The Morgan fingerprint density at radius 3 is 2.83 bits per heavy atom. The van der Waals surface area contributed by atoms with Crippen LogP contribution in [0.3, 0.4) is 0 Å². The van der Waals surface area contributed by atoms with E-state index in [1.807, 2.05) is 17.8 Å². The summed E-state index contributed by atoms with van der Waals surface area (Å²) in [6.07, 6.45) is 10.6. The Morgan fingerprint density at radius 1 is 1.30 bits per heavy atom. The van der Waals surface area contributed by atoms with Crippen LogP contribution >= 0.6 is 0 Å². The highest BCUT2D eigenvalue weighted by atomic mass is 32.2. The highest BCUT2D eigenvalue weighted by Crippen LogP contribution is 2.30. The predicted molar refractivity (Wildman–Crippen MR) is 88.9 cm³/mol. The third-order valence-corrected chi connectivity index (χ3v) is 6.76. The lowest BCUT2D eigenvalue weighted by Gasteiger charge is -2.37. The SMILES string of the molecule is Cn1ccnc1[C@H]1OCCC[C@@H]1NC1CCCC(S(C)(=O)=O)C1. The summed E-state index contributed by atoms with van der Waals surface area (Å²) in [5.74, 6) is 0.942. The Kier molecular flexibility index (Phi) is 5.08. The molecule has 2 heterocycles. The van der Waals surface area contributed by atoms with Gasteiger partial charge in [-0.25, -0.2) is 13.4 Å². The number of hydrogen-bond acceptors (Lipinski definition) is 5. The van der Waals surface area contributed by atoms with Crippen molar-refractivity contribution in [3.8, 4) is 0 Å². The van der Waals surface area contributed by atoms with Crippen LogP contribution in [0.25, 0.3) is 0 Å². The molecule has 1 N–H and O–H groups in total. The predicted octanol–water partition coefficient (Wildman–Crippen LogP) is 1.59. The van der Waals surface area contributed by atoms with Gasteiger partial charge in [0.05, 0.1) is 5.25 Å². The zero-order chi connectivity index (χ0) is 16.4. The minimum absolute atomic E-state index is 0.0534. The molecule has 2 unspecified atom stereocenters. The molecule has 23 heavy (non-hydrogen) atoms. The van der Waals surface area contributed by atoms with Gasteiger partial charge in [-0.1, -0.05) is 6.42 Å². The number of nitrogens with zero attached hydrogens (tertiary/aromatic N) is 2. The third kappa shape index (κ3) is 3.95. The van der Waals surface area contributed by atoms with Crippen molar-refractivity contribution < 1.29 is 13.2 Å². The molecule has 1 saturated carbocycles. The molecule has 130 valence electrons. The molecule has 2 fully saturated rings. The molecule has 1 aliphatic heterocycles. The minimum Gasteiger partial charge on any atom is -0.369 e. The van der Waals surface area contributed by atoms with Crippen LogP contribution < -0.4 is 5.32 Å². The van der Waals surface area contributed by atoms with Gasteiger partial charge < -0.3 is 14.6 Å². The van der Waals surface area contributed by atoms with Crippen molar-refractivity contribution in [1.29, 1.82) is 0 Å². The summed E-state index contributed by atoms with van der Waals surface area (Å²) < 4.78 is 31.7. The summed E-state index contributed by atoms with van der Waals surface area (Å²) in [6, 6.07) is 0.450. The average Bonchev–Trinajstić information content (AvgIpc) is 2.93. The van der Waals surface area contributed by atoms with Gasteiger partial charge in [-0.05, 0) is 32.1 Å². The first-order chi connectivity index (χ1) is 10.9. The first kappa shape index (κ1) is 16.9. The number of aryl methyl sites for hydroxylation is 1. The van der Waals surface area contributed by atoms with Gasteiger partial charge in [0.15, 0.2) is 0 Å². The summed E-state index contributed by atoms with van der Waals surface area (Å²) in [4.78, 5) is 4.44. The van der Waals surface area contributed by atoms with Crippen LogP contribution in [0.2, 0.25) is 0 Å². The van der Waals surface area contributed by atoms with E-state index in [-0.39, 0.29) is 23.4 Å². The van der Waals surface area contributed by atoms with Crippen molar-refractivity contribution in [3.63, 3.8) is 0 Å². The molecule has 2 aliphatic rings. The van der Waals surface area contributed by atoms with Gasteiger partial charge >= 0.3 is 0 Å². The fraction of sp³-hybridized carbons (Fsp3) is 0.812. The van der Waals surface area contributed by atoms with Crippen LogP contribution in [0, 0.1) is 0 Å². The minimum atomic E-state index is -2.95. The largest absolute Gasteiger partial charge is 0.369 e. The number of sulfone groups is 1. The van der Waals surface area contributed by atoms with Crippen LogP contribution in [-0.4, -0.2) is 48.2 Å². The highest BCUT2D eigenvalue weighted by Gasteiger charge is 2.35. The molecule has 1 aliphatic carbocycles. The second-order valence-corrected chi connectivity index (χ2v) is 9.24. The Labute approximate surface area is 138 Å². The molecule has 7 heteroatoms. The lowest BCUT2D eigenvalue weighted by Crippen LogP contribution is -2.48. The maximum Gasteiger partial charge on any atom is 0.150 e. The lowest BCUT2D eigenvalue weighted by molar-refractivity contribution is -0.0215. The number of aromatic nitrogens is 2. The molecule has 0 aromatic carbocycles. The van der Waals surface area contributed by atoms with Crippen molar-refractivity contribution in [2.24, 2.45) is 7.05 Å². The van der Waals surface area contributed by atoms with E-state index in [4.69, 9.17) is 4.74 Å². The molecule has 0 spiro atoms. The molecular formula is C16H27N3O3S. The molecule has 1 aromatic rings. The van der Waals surface area contributed by atoms with Crippen molar-refractivity contribution >= 4 is 9.84 Å². The van der Waals surface area contributed by atoms with Gasteiger partial charge in [0.2, 0.25) is 0 Å².